The number of amides is 1. The normalized spacial score (nSPS) is 22.5. The molecule has 0 bridgehead atoms. The van der Waals surface area contributed by atoms with E-state index in [1.165, 1.54) is 4.90 Å². The van der Waals surface area contributed by atoms with Crippen LogP contribution in [0.25, 0.3) is 0 Å². The molecule has 122 valence electrons. The highest BCUT2D eigenvalue weighted by atomic mass is 16.3. The lowest BCUT2D eigenvalue weighted by Gasteiger charge is -2.39. The number of carbonyl (C=O) groups is 2. The second-order valence-corrected chi connectivity index (χ2v) is 5.78. The van der Waals surface area contributed by atoms with Crippen LogP contribution in [0, 0.1) is 16.7 Å². The van der Waals surface area contributed by atoms with Crippen molar-refractivity contribution in [2.45, 2.75) is 31.5 Å². The molecule has 2 aliphatic rings. The summed E-state index contributed by atoms with van der Waals surface area (Å²) in [6.45, 7) is 0.591. The van der Waals surface area contributed by atoms with Gasteiger partial charge in [-0.05, 0) is 24.8 Å². The maximum Gasteiger partial charge on any atom is 0.254 e. The molecule has 6 nitrogen and oxygen atoms in total. The van der Waals surface area contributed by atoms with Gasteiger partial charge in [0.1, 0.15) is 6.10 Å². The van der Waals surface area contributed by atoms with Gasteiger partial charge in [-0.3, -0.25) is 4.79 Å². The Morgan fingerprint density at radius 2 is 2.04 bits per heavy atom. The Morgan fingerprint density at radius 1 is 1.35 bits per heavy atom. The number of hydrogen-bond donors (Lipinski definition) is 2. The molecule has 1 fully saturated rings. The lowest BCUT2D eigenvalue weighted by Crippen LogP contribution is -2.50. The number of aliphatic hydroxyl groups excluding tert-OH is 2. The standard InChI is InChI=1S/C17H20N2O4/c18-12-17(13-5-3-1-2-4-6-13)7-9-19(10-8-17)16(23)15(22)14(21)11-20/h1,3-6,11,14-15,21-22H,2,7-10H2. The quantitative estimate of drug-likeness (QED) is 0.735. The van der Waals surface area contributed by atoms with Crippen LogP contribution in [0.3, 0.4) is 0 Å². The van der Waals surface area contributed by atoms with E-state index >= 15 is 0 Å². The maximum absolute atomic E-state index is 12.1. The van der Waals surface area contributed by atoms with Gasteiger partial charge in [0.05, 0.1) is 11.5 Å². The van der Waals surface area contributed by atoms with Gasteiger partial charge in [-0.1, -0.05) is 30.4 Å². The first-order valence-corrected chi connectivity index (χ1v) is 7.59. The van der Waals surface area contributed by atoms with Gasteiger partial charge in [0, 0.05) is 13.1 Å². The fourth-order valence-corrected chi connectivity index (χ4v) is 2.88. The van der Waals surface area contributed by atoms with Crippen molar-refractivity contribution in [3.05, 3.63) is 36.0 Å². The Hall–Kier alpha value is -2.23. The summed E-state index contributed by atoms with van der Waals surface area (Å²) in [5.41, 5.74) is 0.269. The minimum absolute atomic E-state index is 0.138. The topological polar surface area (TPSA) is 102 Å². The van der Waals surface area contributed by atoms with E-state index < -0.39 is 23.5 Å². The first-order chi connectivity index (χ1) is 11.0. The molecule has 2 atom stereocenters. The van der Waals surface area contributed by atoms with Crippen LogP contribution in [0.2, 0.25) is 0 Å². The van der Waals surface area contributed by atoms with E-state index in [0.29, 0.717) is 25.9 Å². The monoisotopic (exact) mass is 316 g/mol. The van der Waals surface area contributed by atoms with E-state index in [0.717, 1.165) is 12.0 Å². The molecule has 0 spiro atoms. The van der Waals surface area contributed by atoms with Crippen molar-refractivity contribution < 1.29 is 19.8 Å². The van der Waals surface area contributed by atoms with Crippen molar-refractivity contribution >= 4 is 12.2 Å². The number of nitriles is 1. The zero-order valence-corrected chi connectivity index (χ0v) is 12.8. The lowest BCUT2D eigenvalue weighted by atomic mass is 9.73. The molecule has 1 saturated heterocycles. The minimum atomic E-state index is -1.75. The highest BCUT2D eigenvalue weighted by Crippen LogP contribution is 2.39. The summed E-state index contributed by atoms with van der Waals surface area (Å²) in [5, 5.41) is 28.6. The Bertz CT molecular complexity index is 592. The van der Waals surface area contributed by atoms with Crippen LogP contribution >= 0.6 is 0 Å². The van der Waals surface area contributed by atoms with Crippen LogP contribution in [-0.2, 0) is 9.59 Å². The lowest BCUT2D eigenvalue weighted by molar-refractivity contribution is -0.150. The Balaban J connectivity index is 2.08. The fraction of sp³-hybridized carbons (Fsp3) is 0.471. The molecular weight excluding hydrogens is 296 g/mol. The summed E-state index contributed by atoms with van der Waals surface area (Å²) < 4.78 is 0. The number of likely N-dealkylation sites (tertiary alicyclic amines) is 1. The van der Waals surface area contributed by atoms with E-state index in [4.69, 9.17) is 0 Å². The maximum atomic E-state index is 12.1. The molecule has 0 aromatic rings. The predicted molar refractivity (Wildman–Crippen MR) is 82.9 cm³/mol. The summed E-state index contributed by atoms with van der Waals surface area (Å²) in [6.07, 6.45) is 8.19. The van der Waals surface area contributed by atoms with Crippen LogP contribution in [0.5, 0.6) is 0 Å². The number of rotatable bonds is 4. The minimum Gasteiger partial charge on any atom is -0.382 e. The molecule has 2 rings (SSSR count). The second-order valence-electron chi connectivity index (χ2n) is 5.78. The molecule has 1 aliphatic heterocycles. The molecule has 0 radical (unpaired) electrons. The van der Waals surface area contributed by atoms with Crippen LogP contribution < -0.4 is 0 Å². The van der Waals surface area contributed by atoms with E-state index in [-0.39, 0.29) is 6.29 Å². The number of aldehydes is 1. The number of carbonyl (C=O) groups excluding carboxylic acids is 2. The van der Waals surface area contributed by atoms with Crippen LogP contribution in [0.4, 0.5) is 0 Å². The van der Waals surface area contributed by atoms with E-state index in [1.54, 1.807) is 0 Å². The summed E-state index contributed by atoms with van der Waals surface area (Å²) in [5.74, 6) is -0.679. The number of piperidine rings is 1. The van der Waals surface area contributed by atoms with Crippen LogP contribution in [-0.4, -0.2) is 52.6 Å². The van der Waals surface area contributed by atoms with Crippen molar-refractivity contribution in [3.63, 3.8) is 0 Å². The number of nitrogens with zero attached hydrogens (tertiary/aromatic N) is 2. The van der Waals surface area contributed by atoms with Crippen molar-refractivity contribution in [2.75, 3.05) is 13.1 Å². The van der Waals surface area contributed by atoms with E-state index in [2.05, 4.69) is 6.07 Å². The van der Waals surface area contributed by atoms with Gasteiger partial charge in [0.15, 0.2) is 12.4 Å². The molecule has 1 aliphatic carbocycles. The number of allylic oxidation sites excluding steroid dienone is 6. The van der Waals surface area contributed by atoms with E-state index in [9.17, 15) is 25.1 Å². The Kier molecular flexibility index (Phi) is 5.48. The van der Waals surface area contributed by atoms with Crippen molar-refractivity contribution in [2.24, 2.45) is 5.41 Å². The molecule has 1 heterocycles. The van der Waals surface area contributed by atoms with Gasteiger partial charge in [-0.2, -0.15) is 5.26 Å². The summed E-state index contributed by atoms with van der Waals surface area (Å²) in [4.78, 5) is 23.9. The number of aliphatic hydroxyl groups is 2. The first kappa shape index (κ1) is 17.1. The highest BCUT2D eigenvalue weighted by molar-refractivity contribution is 5.84. The average Bonchev–Trinajstić information content (AvgIpc) is 2.89. The zero-order chi connectivity index (χ0) is 16.9. The summed E-state index contributed by atoms with van der Waals surface area (Å²) >= 11 is 0. The Morgan fingerprint density at radius 3 is 2.65 bits per heavy atom. The predicted octanol–water partition coefficient (Wildman–Crippen LogP) is 0.482. The van der Waals surface area contributed by atoms with Crippen LogP contribution in [0.15, 0.2) is 36.0 Å². The Labute approximate surface area is 135 Å². The highest BCUT2D eigenvalue weighted by Gasteiger charge is 2.40. The third-order valence-electron chi connectivity index (χ3n) is 4.39. The zero-order valence-electron chi connectivity index (χ0n) is 12.8. The second kappa shape index (κ2) is 7.36. The van der Waals surface area contributed by atoms with Gasteiger partial charge in [-0.25, -0.2) is 0 Å². The molecular formula is C17H20N2O4. The largest absolute Gasteiger partial charge is 0.382 e. The third kappa shape index (κ3) is 3.58. The van der Waals surface area contributed by atoms with Gasteiger partial charge in [0.2, 0.25) is 0 Å². The molecule has 1 amide bonds. The van der Waals surface area contributed by atoms with Crippen molar-refractivity contribution in [1.82, 2.24) is 4.90 Å². The summed E-state index contributed by atoms with van der Waals surface area (Å²) in [7, 11) is 0. The molecule has 0 aromatic carbocycles. The average molecular weight is 316 g/mol. The third-order valence-corrected chi connectivity index (χ3v) is 4.39. The SMILES string of the molecule is N#CC1(C2=CC=CCC=C2)CCN(C(=O)C(O)C(O)C=O)CC1. The molecule has 6 heteroatoms. The van der Waals surface area contributed by atoms with Crippen LogP contribution in [0.1, 0.15) is 19.3 Å². The van der Waals surface area contributed by atoms with Gasteiger partial charge in [-0.15, -0.1) is 0 Å². The van der Waals surface area contributed by atoms with E-state index in [1.807, 2.05) is 30.4 Å². The molecule has 2 N–H and O–H groups in total. The summed E-state index contributed by atoms with van der Waals surface area (Å²) in [6, 6.07) is 2.38. The van der Waals surface area contributed by atoms with Gasteiger partial charge < -0.3 is 19.9 Å². The van der Waals surface area contributed by atoms with Crippen molar-refractivity contribution in [3.8, 4) is 6.07 Å². The van der Waals surface area contributed by atoms with Crippen molar-refractivity contribution in [1.29, 1.82) is 5.26 Å². The molecule has 2 unspecified atom stereocenters. The fourth-order valence-electron chi connectivity index (χ4n) is 2.88. The number of hydrogen-bond acceptors (Lipinski definition) is 5. The molecule has 0 saturated carbocycles. The van der Waals surface area contributed by atoms with Gasteiger partial charge >= 0.3 is 0 Å². The van der Waals surface area contributed by atoms with Gasteiger partial charge in [0.25, 0.3) is 5.91 Å². The molecule has 0 aromatic heterocycles. The molecule has 23 heavy (non-hydrogen) atoms. The first-order valence-electron chi connectivity index (χ1n) is 7.59. The smallest absolute Gasteiger partial charge is 0.254 e.